The average molecular weight is 187 g/mol. The highest BCUT2D eigenvalue weighted by molar-refractivity contribution is 5.87. The Kier molecular flexibility index (Phi) is 3.74. The molecule has 0 spiro atoms. The smallest absolute Gasteiger partial charge is 0.320 e. The molecule has 72 valence electrons. The van der Waals surface area contributed by atoms with Gasteiger partial charge in [0.1, 0.15) is 6.26 Å². The summed E-state index contributed by atoms with van der Waals surface area (Å²) in [6.07, 6.45) is 1.66. The van der Waals surface area contributed by atoms with Gasteiger partial charge >= 0.3 is 6.03 Å². The van der Waals surface area contributed by atoms with Gasteiger partial charge in [0.25, 0.3) is 0 Å². The normalized spacial score (nSPS) is 9.62. The minimum atomic E-state index is -0.440. The fourth-order valence-corrected chi connectivity index (χ4v) is 0.706. The number of nitrogens with zero attached hydrogens (tertiary/aromatic N) is 1. The Morgan fingerprint density at radius 1 is 1.69 bits per heavy atom. The van der Waals surface area contributed by atoms with Crippen LogP contribution in [0.4, 0.5) is 15.0 Å². The van der Waals surface area contributed by atoms with E-state index in [1.165, 1.54) is 12.3 Å². The van der Waals surface area contributed by atoms with Crippen LogP contribution < -0.4 is 10.6 Å². The molecule has 0 radical (unpaired) electrons. The second-order valence-electron chi connectivity index (χ2n) is 2.31. The second kappa shape index (κ2) is 5.13. The van der Waals surface area contributed by atoms with Gasteiger partial charge in [-0.05, 0) is 6.42 Å². The molecular weight excluding hydrogens is 177 g/mol. The maximum Gasteiger partial charge on any atom is 0.320 e. The molecule has 0 aliphatic heterocycles. The van der Waals surface area contributed by atoms with Gasteiger partial charge in [-0.15, -0.1) is 0 Å². The van der Waals surface area contributed by atoms with Crippen molar-refractivity contribution in [2.45, 2.75) is 6.42 Å². The van der Waals surface area contributed by atoms with E-state index in [2.05, 4.69) is 20.3 Å². The van der Waals surface area contributed by atoms with E-state index in [1.807, 2.05) is 0 Å². The summed E-state index contributed by atoms with van der Waals surface area (Å²) < 4.78 is 16.1. The van der Waals surface area contributed by atoms with Gasteiger partial charge < -0.3 is 9.84 Å². The van der Waals surface area contributed by atoms with Crippen LogP contribution in [-0.2, 0) is 0 Å². The maximum absolute atomic E-state index is 11.6. The Morgan fingerprint density at radius 2 is 2.54 bits per heavy atom. The van der Waals surface area contributed by atoms with E-state index in [0.717, 1.165) is 0 Å². The Morgan fingerprint density at radius 3 is 3.15 bits per heavy atom. The summed E-state index contributed by atoms with van der Waals surface area (Å²) in [7, 11) is 0. The van der Waals surface area contributed by atoms with E-state index in [9.17, 15) is 9.18 Å². The molecule has 1 heterocycles. The van der Waals surface area contributed by atoms with Gasteiger partial charge in [-0.2, -0.15) is 0 Å². The predicted octanol–water partition coefficient (Wildman–Crippen LogP) is 1.16. The van der Waals surface area contributed by atoms with Gasteiger partial charge in [-0.25, -0.2) is 4.79 Å². The van der Waals surface area contributed by atoms with Crippen LogP contribution in [0.2, 0.25) is 0 Å². The van der Waals surface area contributed by atoms with Crippen LogP contribution in [0, 0.1) is 0 Å². The van der Waals surface area contributed by atoms with E-state index in [4.69, 9.17) is 0 Å². The van der Waals surface area contributed by atoms with Crippen LogP contribution in [0.25, 0.3) is 0 Å². The van der Waals surface area contributed by atoms with Crippen molar-refractivity contribution in [1.82, 2.24) is 10.5 Å². The Labute approximate surface area is 74.3 Å². The highest BCUT2D eigenvalue weighted by Crippen LogP contribution is 1.99. The molecule has 13 heavy (non-hydrogen) atoms. The van der Waals surface area contributed by atoms with Crippen molar-refractivity contribution in [2.24, 2.45) is 0 Å². The van der Waals surface area contributed by atoms with Gasteiger partial charge in [-0.3, -0.25) is 9.71 Å². The van der Waals surface area contributed by atoms with Crippen molar-refractivity contribution in [3.8, 4) is 0 Å². The minimum Gasteiger partial charge on any atom is -0.363 e. The van der Waals surface area contributed by atoms with Crippen LogP contribution in [0.3, 0.4) is 0 Å². The van der Waals surface area contributed by atoms with Crippen LogP contribution in [0.1, 0.15) is 6.42 Å². The number of alkyl halides is 1. The first-order valence-electron chi connectivity index (χ1n) is 3.84. The topological polar surface area (TPSA) is 67.2 Å². The maximum atomic E-state index is 11.6. The van der Waals surface area contributed by atoms with Crippen molar-refractivity contribution in [2.75, 3.05) is 18.5 Å². The number of hydrogen-bond acceptors (Lipinski definition) is 3. The highest BCUT2D eigenvalue weighted by atomic mass is 19.1. The largest absolute Gasteiger partial charge is 0.363 e. The molecule has 2 amide bonds. The van der Waals surface area contributed by atoms with E-state index in [-0.39, 0.29) is 0 Å². The lowest BCUT2D eigenvalue weighted by atomic mass is 10.5. The standard InChI is InChI=1S/C7H10FN3O2/c8-3-1-4-9-7(12)10-6-2-5-13-11-6/h2,5H,1,3-4H2,(H2,9,10,11,12). The number of anilines is 1. The van der Waals surface area contributed by atoms with E-state index in [1.54, 1.807) is 0 Å². The molecule has 0 unspecified atom stereocenters. The number of nitrogens with one attached hydrogen (secondary N) is 2. The van der Waals surface area contributed by atoms with Crippen molar-refractivity contribution in [3.63, 3.8) is 0 Å². The first-order chi connectivity index (χ1) is 6.33. The molecule has 6 heteroatoms. The zero-order valence-electron chi connectivity index (χ0n) is 6.92. The van der Waals surface area contributed by atoms with Crippen molar-refractivity contribution in [1.29, 1.82) is 0 Å². The molecule has 0 saturated carbocycles. The predicted molar refractivity (Wildman–Crippen MR) is 44.1 cm³/mol. The molecule has 0 aliphatic rings. The SMILES string of the molecule is O=C(NCCCF)Nc1ccon1. The Balaban J connectivity index is 2.18. The fourth-order valence-electron chi connectivity index (χ4n) is 0.706. The number of rotatable bonds is 4. The molecule has 0 atom stereocenters. The van der Waals surface area contributed by atoms with Crippen molar-refractivity contribution < 1.29 is 13.7 Å². The number of hydrogen-bond donors (Lipinski definition) is 2. The summed E-state index contributed by atoms with van der Waals surface area (Å²) in [5.41, 5.74) is 0. The quantitative estimate of drug-likeness (QED) is 0.695. The van der Waals surface area contributed by atoms with Gasteiger partial charge in [0.2, 0.25) is 0 Å². The zero-order valence-corrected chi connectivity index (χ0v) is 6.92. The monoisotopic (exact) mass is 187 g/mol. The van der Waals surface area contributed by atoms with E-state index >= 15 is 0 Å². The molecule has 1 rings (SSSR count). The molecule has 1 aromatic rings. The molecule has 5 nitrogen and oxygen atoms in total. The Bertz CT molecular complexity index is 250. The van der Waals surface area contributed by atoms with Crippen molar-refractivity contribution in [3.05, 3.63) is 12.3 Å². The van der Waals surface area contributed by atoms with Crippen LogP contribution in [0.5, 0.6) is 0 Å². The minimum absolute atomic E-state index is 0.306. The van der Waals surface area contributed by atoms with Gasteiger partial charge in [0, 0.05) is 12.6 Å². The Hall–Kier alpha value is -1.59. The first kappa shape index (κ1) is 9.50. The first-order valence-corrected chi connectivity index (χ1v) is 3.84. The number of aromatic nitrogens is 1. The molecule has 1 aromatic heterocycles. The molecule has 0 fully saturated rings. The van der Waals surface area contributed by atoms with Crippen molar-refractivity contribution >= 4 is 11.8 Å². The van der Waals surface area contributed by atoms with Gasteiger partial charge in [0.05, 0.1) is 6.67 Å². The summed E-state index contributed by atoms with van der Waals surface area (Å²) in [5, 5.41) is 8.32. The fraction of sp³-hybridized carbons (Fsp3) is 0.429. The number of carbonyl (C=O) groups is 1. The van der Waals surface area contributed by atoms with Gasteiger partial charge in [-0.1, -0.05) is 5.16 Å². The van der Waals surface area contributed by atoms with E-state index < -0.39 is 12.7 Å². The van der Waals surface area contributed by atoms with Crippen LogP contribution >= 0.6 is 0 Å². The lowest BCUT2D eigenvalue weighted by Crippen LogP contribution is -2.29. The summed E-state index contributed by atoms with van der Waals surface area (Å²) in [5.74, 6) is 0.331. The molecule has 0 aliphatic carbocycles. The second-order valence-corrected chi connectivity index (χ2v) is 2.31. The van der Waals surface area contributed by atoms with E-state index in [0.29, 0.717) is 18.8 Å². The summed E-state index contributed by atoms with van der Waals surface area (Å²) in [6, 6.07) is 1.09. The van der Waals surface area contributed by atoms with Crippen LogP contribution in [-0.4, -0.2) is 24.4 Å². The summed E-state index contributed by atoms with van der Waals surface area (Å²) in [6.45, 7) is -0.134. The number of carbonyl (C=O) groups excluding carboxylic acids is 1. The lowest BCUT2D eigenvalue weighted by Gasteiger charge is -2.02. The lowest BCUT2D eigenvalue weighted by molar-refractivity contribution is 0.251. The molecule has 0 aromatic carbocycles. The zero-order chi connectivity index (χ0) is 9.52. The molecule has 2 N–H and O–H groups in total. The summed E-state index contributed by atoms with van der Waals surface area (Å²) in [4.78, 5) is 11.0. The number of urea groups is 1. The molecule has 0 saturated heterocycles. The highest BCUT2D eigenvalue weighted by Gasteiger charge is 2.01. The summed E-state index contributed by atoms with van der Waals surface area (Å²) >= 11 is 0. The van der Waals surface area contributed by atoms with Gasteiger partial charge in [0.15, 0.2) is 5.82 Å². The number of amides is 2. The third kappa shape index (κ3) is 3.55. The third-order valence-electron chi connectivity index (χ3n) is 1.28. The molecule has 0 bridgehead atoms. The average Bonchev–Trinajstić information content (AvgIpc) is 2.57. The molecular formula is C7H10FN3O2. The number of halogens is 1. The van der Waals surface area contributed by atoms with Crippen LogP contribution in [0.15, 0.2) is 16.9 Å². The third-order valence-corrected chi connectivity index (χ3v) is 1.28.